The van der Waals surface area contributed by atoms with E-state index < -0.39 is 17.7 Å². The average molecular weight is 715 g/mol. The summed E-state index contributed by atoms with van der Waals surface area (Å²) in [6.07, 6.45) is 1.68. The van der Waals surface area contributed by atoms with Crippen LogP contribution in [0, 0.1) is 22.7 Å². The van der Waals surface area contributed by atoms with E-state index in [9.17, 15) is 20.1 Å². The van der Waals surface area contributed by atoms with Gasteiger partial charge in [0, 0.05) is 59.3 Å². The third-order valence-electron chi connectivity index (χ3n) is 7.50. The minimum Gasteiger partial charge on any atom is -0.494 e. The number of aldehydes is 1. The van der Waals surface area contributed by atoms with Crippen LogP contribution in [0.5, 0.6) is 5.75 Å². The van der Waals surface area contributed by atoms with Crippen LogP contribution in [0.4, 0.5) is 10.6 Å². The molecular weight excluding hydrogens is 680 g/mol. The van der Waals surface area contributed by atoms with E-state index in [1.54, 1.807) is 32.9 Å². The topological polar surface area (TPSA) is 141 Å². The van der Waals surface area contributed by atoms with Crippen molar-refractivity contribution in [2.24, 2.45) is 0 Å². The van der Waals surface area contributed by atoms with Gasteiger partial charge in [0.15, 0.2) is 0 Å². The Balaban J connectivity index is 1.34. The number of ether oxygens (including phenoxy) is 2. The van der Waals surface area contributed by atoms with Gasteiger partial charge in [0.2, 0.25) is 0 Å². The molecule has 3 heterocycles. The largest absolute Gasteiger partial charge is 0.494 e. The second-order valence-electron chi connectivity index (χ2n) is 12.3. The highest BCUT2D eigenvalue weighted by Crippen LogP contribution is 2.40. The Labute approximate surface area is 299 Å². The fraction of sp³-hybridized carbons (Fsp3) is 0.333. The molecule has 0 saturated carbocycles. The molecule has 1 atom stereocenters. The lowest BCUT2D eigenvalue weighted by molar-refractivity contribution is -0.108. The molecule has 49 heavy (non-hydrogen) atoms. The van der Waals surface area contributed by atoms with Gasteiger partial charge in [0.05, 0.1) is 17.9 Å². The number of alkyl carbamates (subject to hydrolysis) is 1. The number of amides is 1. The van der Waals surface area contributed by atoms with Crippen LogP contribution in [0.2, 0.25) is 5.02 Å². The van der Waals surface area contributed by atoms with Crippen molar-refractivity contribution in [3.05, 3.63) is 75.8 Å². The molecule has 0 radical (unpaired) electrons. The molecular formula is C36H35ClN6O4S2. The molecule has 252 valence electrons. The van der Waals surface area contributed by atoms with E-state index in [2.05, 4.69) is 22.4 Å². The summed E-state index contributed by atoms with van der Waals surface area (Å²) in [7, 11) is 0. The quantitative estimate of drug-likeness (QED) is 0.107. The van der Waals surface area contributed by atoms with Crippen LogP contribution in [0.3, 0.4) is 0 Å². The third-order valence-corrected chi connectivity index (χ3v) is 9.70. The number of carbonyl (C=O) groups is 2. The first-order valence-corrected chi connectivity index (χ1v) is 18.0. The molecule has 1 N–H and O–H groups in total. The highest BCUT2D eigenvalue weighted by atomic mass is 35.5. The van der Waals surface area contributed by atoms with E-state index in [0.29, 0.717) is 56.0 Å². The number of hydrogen-bond donors (Lipinski definition) is 1. The maximum Gasteiger partial charge on any atom is 0.407 e. The SMILES string of the molecule is CC(C)(C)OC(=O)NC(CC=O)CCOc1ccc(-c2c(C#N)c(SCc3csc(-c4ccc(Cl)cc4)n3)nc(N3CCC3)c2C#N)cc1. The molecule has 0 aliphatic carbocycles. The fourth-order valence-electron chi connectivity index (χ4n) is 5.03. The normalized spacial score (nSPS) is 13.1. The van der Waals surface area contributed by atoms with Crippen molar-refractivity contribution in [2.75, 3.05) is 24.6 Å². The zero-order chi connectivity index (χ0) is 35.0. The third kappa shape index (κ3) is 9.30. The number of nitrogens with one attached hydrogen (secondary N) is 1. The Hall–Kier alpha value is -4.62. The number of carbonyl (C=O) groups excluding carboxylic acids is 2. The minimum atomic E-state index is -0.654. The molecule has 2 aromatic carbocycles. The van der Waals surface area contributed by atoms with Crippen LogP contribution in [-0.4, -0.2) is 53.7 Å². The van der Waals surface area contributed by atoms with Gasteiger partial charge in [0.25, 0.3) is 0 Å². The maximum atomic E-state index is 12.2. The van der Waals surface area contributed by atoms with Gasteiger partial charge in [0.1, 0.15) is 51.2 Å². The fourth-order valence-corrected chi connectivity index (χ4v) is 6.96. The summed E-state index contributed by atoms with van der Waals surface area (Å²) in [5.41, 5.74) is 3.10. The lowest BCUT2D eigenvalue weighted by Gasteiger charge is -2.33. The number of pyridine rings is 1. The van der Waals surface area contributed by atoms with Crippen LogP contribution in [-0.2, 0) is 15.3 Å². The first kappa shape index (κ1) is 35.7. The van der Waals surface area contributed by atoms with Crippen LogP contribution >= 0.6 is 34.7 Å². The van der Waals surface area contributed by atoms with Gasteiger partial charge >= 0.3 is 6.09 Å². The van der Waals surface area contributed by atoms with Crippen molar-refractivity contribution >= 4 is 52.9 Å². The Kier molecular flexibility index (Phi) is 11.8. The number of rotatable bonds is 13. The number of aromatic nitrogens is 2. The molecule has 10 nitrogen and oxygen atoms in total. The minimum absolute atomic E-state index is 0.128. The molecule has 4 aromatic rings. The van der Waals surface area contributed by atoms with Crippen molar-refractivity contribution < 1.29 is 19.1 Å². The zero-order valence-electron chi connectivity index (χ0n) is 27.4. The summed E-state index contributed by atoms with van der Waals surface area (Å²) in [5.74, 6) is 1.64. The number of nitrogens with zero attached hydrogens (tertiary/aromatic N) is 5. The lowest BCUT2D eigenvalue weighted by Crippen LogP contribution is -2.40. The van der Waals surface area contributed by atoms with Crippen molar-refractivity contribution in [2.45, 2.75) is 62.5 Å². The standard InChI is InChI=1S/C36H35ClN6O4S2/c1-36(2,3)47-35(45)41-26(13-17-44)14-18-46-28-11-7-23(8-12-28)31-29(19-38)32(43-15-4-16-43)42-34(30(31)20-39)49-22-27-21-48-33(40-27)24-5-9-25(37)10-6-24/h5-12,17,21,26H,4,13-16,18,22H2,1-3H3,(H,41,45). The van der Waals surface area contributed by atoms with Gasteiger partial charge in [-0.1, -0.05) is 47.6 Å². The summed E-state index contributed by atoms with van der Waals surface area (Å²) in [5, 5.41) is 27.5. The number of hydrogen-bond acceptors (Lipinski definition) is 11. The molecule has 2 aromatic heterocycles. The lowest BCUT2D eigenvalue weighted by atomic mass is 9.96. The summed E-state index contributed by atoms with van der Waals surface area (Å²) in [4.78, 5) is 35.1. The molecule has 13 heteroatoms. The van der Waals surface area contributed by atoms with Crippen LogP contribution < -0.4 is 15.0 Å². The van der Waals surface area contributed by atoms with Gasteiger partial charge in [-0.2, -0.15) is 10.5 Å². The first-order valence-electron chi connectivity index (χ1n) is 15.7. The van der Waals surface area contributed by atoms with Gasteiger partial charge in [-0.05, 0) is 57.0 Å². The Morgan fingerprint density at radius 2 is 1.78 bits per heavy atom. The number of benzene rings is 2. The van der Waals surface area contributed by atoms with E-state index >= 15 is 0 Å². The molecule has 0 bridgehead atoms. The van der Waals surface area contributed by atoms with E-state index in [0.717, 1.165) is 42.1 Å². The second kappa shape index (κ2) is 16.2. The monoisotopic (exact) mass is 714 g/mol. The Bertz CT molecular complexity index is 1870. The summed E-state index contributed by atoms with van der Waals surface area (Å²) < 4.78 is 11.2. The van der Waals surface area contributed by atoms with Crippen LogP contribution in [0.15, 0.2) is 58.9 Å². The van der Waals surface area contributed by atoms with Gasteiger partial charge < -0.3 is 24.5 Å². The molecule has 1 aliphatic rings. The smallest absolute Gasteiger partial charge is 0.407 e. The molecule has 1 fully saturated rings. The average Bonchev–Trinajstić information content (AvgIpc) is 3.51. The van der Waals surface area contributed by atoms with Crippen LogP contribution in [0.25, 0.3) is 21.7 Å². The Morgan fingerprint density at radius 1 is 1.08 bits per heavy atom. The summed E-state index contributed by atoms with van der Waals surface area (Å²) >= 11 is 9.01. The van der Waals surface area contributed by atoms with E-state index in [1.807, 2.05) is 41.8 Å². The van der Waals surface area contributed by atoms with Crippen molar-refractivity contribution in [1.29, 1.82) is 10.5 Å². The van der Waals surface area contributed by atoms with E-state index in [-0.39, 0.29) is 13.0 Å². The van der Waals surface area contributed by atoms with Crippen molar-refractivity contribution in [3.63, 3.8) is 0 Å². The molecule has 1 unspecified atom stereocenters. The number of thioether (sulfide) groups is 1. The summed E-state index contributed by atoms with van der Waals surface area (Å²) in [6, 6.07) is 18.9. The molecule has 1 amide bonds. The maximum absolute atomic E-state index is 12.2. The number of thiazole rings is 1. The first-order chi connectivity index (χ1) is 23.6. The van der Waals surface area contributed by atoms with Crippen molar-refractivity contribution in [1.82, 2.24) is 15.3 Å². The van der Waals surface area contributed by atoms with Gasteiger partial charge in [-0.25, -0.2) is 14.8 Å². The zero-order valence-corrected chi connectivity index (χ0v) is 29.8. The molecule has 1 aliphatic heterocycles. The highest BCUT2D eigenvalue weighted by Gasteiger charge is 2.27. The Morgan fingerprint density at radius 3 is 2.39 bits per heavy atom. The molecule has 5 rings (SSSR count). The predicted molar refractivity (Wildman–Crippen MR) is 192 cm³/mol. The number of halogens is 1. The second-order valence-corrected chi connectivity index (χ2v) is 14.5. The summed E-state index contributed by atoms with van der Waals surface area (Å²) in [6.45, 7) is 7.12. The van der Waals surface area contributed by atoms with E-state index in [1.165, 1.54) is 23.1 Å². The molecule has 1 saturated heterocycles. The van der Waals surface area contributed by atoms with E-state index in [4.69, 9.17) is 31.0 Å². The van der Waals surface area contributed by atoms with Crippen LogP contribution in [0.1, 0.15) is 56.9 Å². The number of nitriles is 2. The predicted octanol–water partition coefficient (Wildman–Crippen LogP) is 8.02. The van der Waals surface area contributed by atoms with Gasteiger partial charge in [-0.3, -0.25) is 0 Å². The van der Waals surface area contributed by atoms with Gasteiger partial charge in [-0.15, -0.1) is 11.3 Å². The number of anilines is 1. The highest BCUT2D eigenvalue weighted by molar-refractivity contribution is 7.98. The van der Waals surface area contributed by atoms with Crippen molar-refractivity contribution in [3.8, 4) is 39.6 Å². The molecule has 0 spiro atoms.